The van der Waals surface area contributed by atoms with E-state index in [0.29, 0.717) is 58.0 Å². The van der Waals surface area contributed by atoms with E-state index in [1.165, 1.54) is 0 Å². The summed E-state index contributed by atoms with van der Waals surface area (Å²) in [4.78, 5) is 54.9. The fourth-order valence-corrected chi connectivity index (χ4v) is 6.67. The number of nitrogens with zero attached hydrogens (tertiary/aromatic N) is 1. The molecule has 1 aliphatic heterocycles. The summed E-state index contributed by atoms with van der Waals surface area (Å²) in [5, 5.41) is 16.0. The van der Waals surface area contributed by atoms with Crippen LogP contribution in [-0.4, -0.2) is 65.7 Å². The van der Waals surface area contributed by atoms with E-state index in [2.05, 4.69) is 23.8 Å². The molecule has 0 spiro atoms. The third-order valence-corrected chi connectivity index (χ3v) is 9.74. The predicted octanol–water partition coefficient (Wildman–Crippen LogP) is 6.46. The van der Waals surface area contributed by atoms with Crippen molar-refractivity contribution in [2.45, 2.75) is 83.0 Å². The van der Waals surface area contributed by atoms with Crippen LogP contribution in [0.3, 0.4) is 0 Å². The van der Waals surface area contributed by atoms with E-state index in [-0.39, 0.29) is 62.4 Å². The highest BCUT2D eigenvalue weighted by molar-refractivity contribution is 5.86. The molecule has 4 rings (SSSR count). The van der Waals surface area contributed by atoms with Gasteiger partial charge in [-0.3, -0.25) is 14.4 Å². The molecule has 3 N–H and O–H groups in total. The topological polar surface area (TPSA) is 134 Å². The van der Waals surface area contributed by atoms with Crippen molar-refractivity contribution in [3.63, 3.8) is 0 Å². The van der Waals surface area contributed by atoms with Crippen LogP contribution in [0.2, 0.25) is 0 Å². The van der Waals surface area contributed by atoms with Crippen LogP contribution < -0.4 is 10.6 Å². The predicted molar refractivity (Wildman–Crippen MR) is 209 cm³/mol. The molecule has 0 fully saturated rings. The maximum absolute atomic E-state index is 13.8. The molecule has 54 heavy (non-hydrogen) atoms. The van der Waals surface area contributed by atoms with Gasteiger partial charge in [0.2, 0.25) is 11.8 Å². The molecule has 3 amide bonds. The lowest BCUT2D eigenvalue weighted by molar-refractivity contribution is -0.150. The van der Waals surface area contributed by atoms with Crippen molar-refractivity contribution < 1.29 is 33.8 Å². The second-order valence-corrected chi connectivity index (χ2v) is 13.8. The Hall–Kier alpha value is -5.22. The van der Waals surface area contributed by atoms with Gasteiger partial charge in [-0.1, -0.05) is 97.1 Å². The maximum Gasteiger partial charge on any atom is 0.407 e. The van der Waals surface area contributed by atoms with E-state index in [1.807, 2.05) is 84.9 Å². The summed E-state index contributed by atoms with van der Waals surface area (Å²) in [7, 11) is 0. The van der Waals surface area contributed by atoms with Crippen molar-refractivity contribution in [2.75, 3.05) is 19.8 Å². The zero-order chi connectivity index (χ0) is 38.5. The standard InChI is InChI=1S/C44H55N3O7/c1-3-5-21-37(26-33-17-8-6-9-18-33)43(51)53-32-39(24-14-15-25-45-44(52)54-31-34-19-10-7-11-20-34)46-42(50)36(16-4-2)28-41(49)47-29-38-23-13-12-22-35(38)27-40(47)30-48/h3-4,6-13,17-20,22-23,36-37,39-40,48H,1-2,5,14-16,21,24-32H2,(H,45,52)(H,46,50)/t36-,37-,39+,40+/m1/s1. The highest BCUT2D eigenvalue weighted by Gasteiger charge is 2.32. The number of carbonyl (C=O) groups excluding carboxylic acids is 4. The monoisotopic (exact) mass is 737 g/mol. The van der Waals surface area contributed by atoms with Crippen LogP contribution in [0.4, 0.5) is 4.79 Å². The first-order chi connectivity index (χ1) is 26.3. The zero-order valence-electron chi connectivity index (χ0n) is 31.2. The number of hydrogen-bond donors (Lipinski definition) is 3. The van der Waals surface area contributed by atoms with Crippen molar-refractivity contribution in [2.24, 2.45) is 11.8 Å². The van der Waals surface area contributed by atoms with E-state index >= 15 is 0 Å². The number of alkyl carbamates (subject to hydrolysis) is 1. The van der Waals surface area contributed by atoms with E-state index in [9.17, 15) is 24.3 Å². The molecule has 0 bridgehead atoms. The fraction of sp³-hybridized carbons (Fsp3) is 0.409. The smallest absolute Gasteiger partial charge is 0.407 e. The third-order valence-electron chi connectivity index (χ3n) is 9.74. The number of aliphatic hydroxyl groups excluding tert-OH is 1. The molecule has 0 aliphatic carbocycles. The number of fused-ring (bicyclic) bond motifs is 1. The minimum Gasteiger partial charge on any atom is -0.463 e. The summed E-state index contributed by atoms with van der Waals surface area (Å²) in [6.07, 6.45) is 7.10. The van der Waals surface area contributed by atoms with Gasteiger partial charge >= 0.3 is 12.1 Å². The Morgan fingerprint density at radius 3 is 2.20 bits per heavy atom. The fourth-order valence-electron chi connectivity index (χ4n) is 6.67. The first-order valence-electron chi connectivity index (χ1n) is 19.0. The average Bonchev–Trinajstić information content (AvgIpc) is 3.20. The highest BCUT2D eigenvalue weighted by atomic mass is 16.5. The second-order valence-electron chi connectivity index (χ2n) is 13.8. The van der Waals surface area contributed by atoms with Crippen molar-refractivity contribution in [1.82, 2.24) is 15.5 Å². The SMILES string of the molecule is C=CCC[C@H](Cc1ccccc1)C(=O)OC[C@H](CCCCNC(=O)OCc1ccccc1)NC(=O)[C@H](CC=C)CC(=O)N1Cc2ccccc2C[C@H]1CO. The Morgan fingerprint density at radius 2 is 1.52 bits per heavy atom. The van der Waals surface area contributed by atoms with Gasteiger partial charge in [0.05, 0.1) is 30.5 Å². The molecule has 0 saturated heterocycles. The Labute approximate surface area is 319 Å². The minimum atomic E-state index is -0.704. The Morgan fingerprint density at radius 1 is 0.833 bits per heavy atom. The molecule has 1 aliphatic rings. The number of nitrogens with one attached hydrogen (secondary N) is 2. The van der Waals surface area contributed by atoms with Gasteiger partial charge in [0.1, 0.15) is 13.2 Å². The molecule has 0 radical (unpaired) electrons. The molecular weight excluding hydrogens is 682 g/mol. The van der Waals surface area contributed by atoms with Crippen molar-refractivity contribution in [3.8, 4) is 0 Å². The lowest BCUT2D eigenvalue weighted by Crippen LogP contribution is -2.48. The van der Waals surface area contributed by atoms with Crippen molar-refractivity contribution in [3.05, 3.63) is 132 Å². The van der Waals surface area contributed by atoms with Crippen LogP contribution in [0, 0.1) is 11.8 Å². The van der Waals surface area contributed by atoms with Gasteiger partial charge in [0.15, 0.2) is 0 Å². The third kappa shape index (κ3) is 13.6. The zero-order valence-corrected chi connectivity index (χ0v) is 31.2. The van der Waals surface area contributed by atoms with Gasteiger partial charge in [-0.2, -0.15) is 0 Å². The van der Waals surface area contributed by atoms with E-state index in [1.54, 1.807) is 17.1 Å². The van der Waals surface area contributed by atoms with Gasteiger partial charge in [-0.05, 0) is 73.6 Å². The molecule has 0 unspecified atom stereocenters. The number of hydrogen-bond acceptors (Lipinski definition) is 7. The number of allylic oxidation sites excluding steroid dienone is 2. The molecule has 0 aromatic heterocycles. The Balaban J connectivity index is 1.37. The van der Waals surface area contributed by atoms with Crippen LogP contribution in [0.25, 0.3) is 0 Å². The summed E-state index contributed by atoms with van der Waals surface area (Å²) < 4.78 is 11.2. The van der Waals surface area contributed by atoms with E-state index < -0.39 is 18.1 Å². The Bertz CT molecular complexity index is 1650. The summed E-state index contributed by atoms with van der Waals surface area (Å²) in [6.45, 7) is 8.33. The quantitative estimate of drug-likeness (QED) is 0.0612. The highest BCUT2D eigenvalue weighted by Crippen LogP contribution is 2.25. The molecule has 10 nitrogen and oxygen atoms in total. The van der Waals surface area contributed by atoms with Crippen LogP contribution >= 0.6 is 0 Å². The first kappa shape index (κ1) is 41.5. The molecule has 1 heterocycles. The average molecular weight is 738 g/mol. The lowest BCUT2D eigenvalue weighted by atomic mass is 9.92. The number of esters is 1. The molecule has 3 aromatic carbocycles. The molecule has 288 valence electrons. The second kappa shape index (κ2) is 22.8. The van der Waals surface area contributed by atoms with Crippen LogP contribution in [0.15, 0.2) is 110 Å². The molecule has 0 saturated carbocycles. The molecule has 3 aromatic rings. The summed E-state index contributed by atoms with van der Waals surface area (Å²) in [6, 6.07) is 26.2. The maximum atomic E-state index is 13.8. The van der Waals surface area contributed by atoms with E-state index in [4.69, 9.17) is 9.47 Å². The van der Waals surface area contributed by atoms with Crippen LogP contribution in [0.5, 0.6) is 0 Å². The number of aliphatic hydroxyl groups is 1. The number of unbranched alkanes of at least 4 members (excludes halogenated alkanes) is 1. The number of carbonyl (C=O) groups is 4. The van der Waals surface area contributed by atoms with Crippen molar-refractivity contribution in [1.29, 1.82) is 0 Å². The number of ether oxygens (including phenoxy) is 2. The normalized spacial score (nSPS) is 15.1. The molecule has 4 atom stereocenters. The van der Waals surface area contributed by atoms with Gasteiger partial charge in [0.25, 0.3) is 0 Å². The van der Waals surface area contributed by atoms with Gasteiger partial charge in [-0.25, -0.2) is 4.79 Å². The first-order valence-corrected chi connectivity index (χ1v) is 19.0. The number of benzene rings is 3. The van der Waals surface area contributed by atoms with Gasteiger partial charge in [-0.15, -0.1) is 13.2 Å². The van der Waals surface area contributed by atoms with Gasteiger partial charge in [0, 0.05) is 19.5 Å². The number of amides is 3. The minimum absolute atomic E-state index is 0.0409. The van der Waals surface area contributed by atoms with Crippen LogP contribution in [0.1, 0.15) is 67.2 Å². The molecular formula is C44H55N3O7. The largest absolute Gasteiger partial charge is 0.463 e. The van der Waals surface area contributed by atoms with Crippen LogP contribution in [-0.2, 0) is 49.9 Å². The summed E-state index contributed by atoms with van der Waals surface area (Å²) in [5.74, 6) is -1.99. The summed E-state index contributed by atoms with van der Waals surface area (Å²) >= 11 is 0. The van der Waals surface area contributed by atoms with Crippen molar-refractivity contribution >= 4 is 23.9 Å². The van der Waals surface area contributed by atoms with Gasteiger partial charge < -0.3 is 30.1 Å². The molecule has 10 heteroatoms. The Kier molecular flexibility index (Phi) is 17.5. The van der Waals surface area contributed by atoms with E-state index in [0.717, 1.165) is 22.3 Å². The summed E-state index contributed by atoms with van der Waals surface area (Å²) in [5.41, 5.74) is 4.05. The number of rotatable bonds is 22. The lowest BCUT2D eigenvalue weighted by Gasteiger charge is -2.36.